The summed E-state index contributed by atoms with van der Waals surface area (Å²) < 4.78 is 5.17. The van der Waals surface area contributed by atoms with Gasteiger partial charge in [0.1, 0.15) is 5.54 Å². The molecule has 0 radical (unpaired) electrons. The van der Waals surface area contributed by atoms with E-state index in [2.05, 4.69) is 4.99 Å². The lowest BCUT2D eigenvalue weighted by atomic mass is 9.72. The van der Waals surface area contributed by atoms with Gasteiger partial charge in [0.15, 0.2) is 11.5 Å². The van der Waals surface area contributed by atoms with Crippen molar-refractivity contribution in [3.8, 4) is 11.5 Å². The number of hydrogen-bond donors (Lipinski definition) is 1. The number of rotatable bonds is 3. The fraction of sp³-hybridized carbons (Fsp3) is 0.462. The number of phenols is 1. The highest BCUT2D eigenvalue weighted by atomic mass is 16.5. The maximum absolute atomic E-state index is 10.5. The topological polar surface area (TPSA) is 58.9 Å². The molecule has 2 rings (SSSR count). The predicted molar refractivity (Wildman–Crippen MR) is 63.0 cm³/mol. The van der Waals surface area contributed by atoms with Crippen molar-refractivity contribution in [3.05, 3.63) is 23.3 Å². The molecule has 0 aromatic heterocycles. The molecule has 1 fully saturated rings. The molecule has 0 atom stereocenters. The Bertz CT molecular complexity index is 486. The smallest absolute Gasteiger partial charge is 0.235 e. The van der Waals surface area contributed by atoms with Crippen molar-refractivity contribution in [2.75, 3.05) is 7.11 Å². The number of nitrogens with zero attached hydrogens (tertiary/aromatic N) is 1. The van der Waals surface area contributed by atoms with Crippen molar-refractivity contribution < 1.29 is 14.6 Å². The molecule has 1 aromatic rings. The number of hydrogen-bond acceptors (Lipinski definition) is 4. The molecule has 17 heavy (non-hydrogen) atoms. The molecule has 0 unspecified atom stereocenters. The van der Waals surface area contributed by atoms with E-state index in [9.17, 15) is 9.90 Å². The van der Waals surface area contributed by atoms with Crippen LogP contribution in [0, 0.1) is 6.92 Å². The lowest BCUT2D eigenvalue weighted by molar-refractivity contribution is 0.244. The van der Waals surface area contributed by atoms with Gasteiger partial charge in [-0.2, -0.15) is 4.99 Å². The van der Waals surface area contributed by atoms with E-state index in [0.29, 0.717) is 11.3 Å². The third kappa shape index (κ3) is 1.71. The summed E-state index contributed by atoms with van der Waals surface area (Å²) in [5, 5.41) is 10.2. The van der Waals surface area contributed by atoms with Crippen LogP contribution in [0.2, 0.25) is 0 Å². The van der Waals surface area contributed by atoms with Gasteiger partial charge in [0.05, 0.1) is 7.11 Å². The van der Waals surface area contributed by atoms with Crippen LogP contribution in [0.15, 0.2) is 17.1 Å². The maximum atomic E-state index is 10.5. The summed E-state index contributed by atoms with van der Waals surface area (Å²) in [6, 6.07) is 3.68. The lowest BCUT2D eigenvalue weighted by Crippen LogP contribution is -2.32. The minimum Gasteiger partial charge on any atom is -0.504 e. The molecule has 1 N–H and O–H groups in total. The van der Waals surface area contributed by atoms with Crippen LogP contribution in [0.1, 0.15) is 30.4 Å². The zero-order valence-electron chi connectivity index (χ0n) is 9.99. The van der Waals surface area contributed by atoms with E-state index in [-0.39, 0.29) is 5.75 Å². The summed E-state index contributed by atoms with van der Waals surface area (Å²) in [6.45, 7) is 1.86. The van der Waals surface area contributed by atoms with Crippen LogP contribution in [0.5, 0.6) is 11.5 Å². The lowest BCUT2D eigenvalue weighted by Gasteiger charge is -2.37. The van der Waals surface area contributed by atoms with E-state index in [4.69, 9.17) is 4.74 Å². The predicted octanol–water partition coefficient (Wildman–Crippen LogP) is 2.42. The van der Waals surface area contributed by atoms with Gasteiger partial charge >= 0.3 is 0 Å². The molecule has 0 bridgehead atoms. The number of aryl methyl sites for hydroxylation is 1. The Kier molecular flexibility index (Phi) is 2.90. The minimum absolute atomic E-state index is 0.0891. The first-order valence-electron chi connectivity index (χ1n) is 5.61. The van der Waals surface area contributed by atoms with E-state index >= 15 is 0 Å². The number of carbonyl (C=O) groups excluding carboxylic acids is 1. The van der Waals surface area contributed by atoms with Crippen LogP contribution in [-0.2, 0) is 10.3 Å². The van der Waals surface area contributed by atoms with Crippen molar-refractivity contribution >= 4 is 6.08 Å². The Morgan fingerprint density at radius 1 is 1.47 bits per heavy atom. The standard InChI is InChI=1S/C13H15NO3/c1-9-4-5-10(11(16)12(9)17-2)13(14-8-15)6-3-7-13/h4-5,16H,3,6-7H2,1-2H3. The van der Waals surface area contributed by atoms with Crippen LogP contribution >= 0.6 is 0 Å². The van der Waals surface area contributed by atoms with Gasteiger partial charge in [0.25, 0.3) is 0 Å². The highest BCUT2D eigenvalue weighted by Gasteiger charge is 2.41. The Hall–Kier alpha value is -1.80. The van der Waals surface area contributed by atoms with Crippen molar-refractivity contribution in [1.29, 1.82) is 0 Å². The molecule has 0 aliphatic heterocycles. The molecule has 1 aliphatic carbocycles. The largest absolute Gasteiger partial charge is 0.504 e. The molecule has 0 spiro atoms. The SMILES string of the molecule is COc1c(C)ccc(C2(N=C=O)CCC2)c1O. The molecule has 1 aliphatic rings. The third-order valence-electron chi connectivity index (χ3n) is 3.47. The first-order valence-corrected chi connectivity index (χ1v) is 5.61. The summed E-state index contributed by atoms with van der Waals surface area (Å²) in [5.74, 6) is 0.543. The Balaban J connectivity index is 2.56. The number of methoxy groups -OCH3 is 1. The van der Waals surface area contributed by atoms with E-state index in [0.717, 1.165) is 24.8 Å². The van der Waals surface area contributed by atoms with Crippen LogP contribution in [0.3, 0.4) is 0 Å². The van der Waals surface area contributed by atoms with Gasteiger partial charge in [-0.3, -0.25) is 0 Å². The van der Waals surface area contributed by atoms with Gasteiger partial charge in [-0.1, -0.05) is 12.1 Å². The number of aliphatic imine (C=N–C) groups is 1. The number of phenolic OH excluding ortho intramolecular Hbond substituents is 1. The van der Waals surface area contributed by atoms with Crippen LogP contribution in [0.25, 0.3) is 0 Å². The zero-order chi connectivity index (χ0) is 12.5. The molecular formula is C13H15NO3. The highest BCUT2D eigenvalue weighted by Crippen LogP contribution is 2.50. The van der Waals surface area contributed by atoms with Crippen LogP contribution in [0.4, 0.5) is 0 Å². The average Bonchev–Trinajstić information content (AvgIpc) is 2.25. The Morgan fingerprint density at radius 3 is 2.65 bits per heavy atom. The number of isocyanates is 1. The fourth-order valence-corrected chi connectivity index (χ4v) is 2.35. The third-order valence-corrected chi connectivity index (χ3v) is 3.47. The average molecular weight is 233 g/mol. The number of ether oxygens (including phenoxy) is 1. The molecule has 0 amide bonds. The van der Waals surface area contributed by atoms with Gasteiger partial charge in [0.2, 0.25) is 6.08 Å². The monoisotopic (exact) mass is 233 g/mol. The Morgan fingerprint density at radius 2 is 2.18 bits per heavy atom. The first-order chi connectivity index (χ1) is 8.14. The van der Waals surface area contributed by atoms with E-state index in [1.165, 1.54) is 7.11 Å². The summed E-state index contributed by atoms with van der Waals surface area (Å²) in [5.41, 5.74) is 0.931. The van der Waals surface area contributed by atoms with Gasteiger partial charge < -0.3 is 9.84 Å². The second-order valence-electron chi connectivity index (χ2n) is 4.40. The number of aromatic hydroxyl groups is 1. The number of benzene rings is 1. The van der Waals surface area contributed by atoms with Crippen molar-refractivity contribution in [2.24, 2.45) is 4.99 Å². The second kappa shape index (κ2) is 4.22. The van der Waals surface area contributed by atoms with E-state index in [1.807, 2.05) is 19.1 Å². The van der Waals surface area contributed by atoms with Crippen molar-refractivity contribution in [3.63, 3.8) is 0 Å². The molecule has 90 valence electrons. The summed E-state index contributed by atoms with van der Waals surface area (Å²) in [6.07, 6.45) is 4.14. The van der Waals surface area contributed by atoms with Gasteiger partial charge in [-0.15, -0.1) is 0 Å². The molecule has 1 saturated carbocycles. The molecule has 0 heterocycles. The maximum Gasteiger partial charge on any atom is 0.235 e. The van der Waals surface area contributed by atoms with E-state index < -0.39 is 5.54 Å². The van der Waals surface area contributed by atoms with Gasteiger partial charge in [0, 0.05) is 5.56 Å². The highest BCUT2D eigenvalue weighted by molar-refractivity contribution is 5.55. The molecular weight excluding hydrogens is 218 g/mol. The second-order valence-corrected chi connectivity index (χ2v) is 4.40. The van der Waals surface area contributed by atoms with Crippen LogP contribution in [-0.4, -0.2) is 18.3 Å². The summed E-state index contributed by atoms with van der Waals surface area (Å²) in [7, 11) is 1.52. The van der Waals surface area contributed by atoms with Gasteiger partial charge in [-0.05, 0) is 31.7 Å². The minimum atomic E-state index is -0.590. The summed E-state index contributed by atoms with van der Waals surface area (Å²) in [4.78, 5) is 14.4. The molecule has 0 saturated heterocycles. The Labute approximate surface area is 99.9 Å². The van der Waals surface area contributed by atoms with E-state index in [1.54, 1.807) is 6.08 Å². The molecule has 4 nitrogen and oxygen atoms in total. The zero-order valence-corrected chi connectivity index (χ0v) is 9.99. The first kappa shape index (κ1) is 11.7. The van der Waals surface area contributed by atoms with Gasteiger partial charge in [-0.25, -0.2) is 4.79 Å². The van der Waals surface area contributed by atoms with Crippen molar-refractivity contribution in [2.45, 2.75) is 31.7 Å². The fourth-order valence-electron chi connectivity index (χ4n) is 2.35. The van der Waals surface area contributed by atoms with Crippen LogP contribution < -0.4 is 4.74 Å². The normalized spacial score (nSPS) is 16.8. The molecule has 1 aromatic carbocycles. The van der Waals surface area contributed by atoms with Crippen molar-refractivity contribution in [1.82, 2.24) is 0 Å². The quantitative estimate of drug-likeness (QED) is 0.644. The molecule has 4 heteroatoms. The summed E-state index contributed by atoms with van der Waals surface area (Å²) >= 11 is 0.